The molecule has 0 aromatic heterocycles. The highest BCUT2D eigenvalue weighted by molar-refractivity contribution is 5.68. The molecular formula is C13H18N2O2. The lowest BCUT2D eigenvalue weighted by atomic mass is 10.1. The molecule has 4 nitrogen and oxygen atoms in total. The number of hydrogen-bond donors (Lipinski definition) is 2. The molecule has 0 aliphatic carbocycles. The van der Waals surface area contributed by atoms with Gasteiger partial charge in [0.15, 0.2) is 0 Å². The summed E-state index contributed by atoms with van der Waals surface area (Å²) in [7, 11) is 0. The summed E-state index contributed by atoms with van der Waals surface area (Å²) in [5.41, 5.74) is 2.33. The van der Waals surface area contributed by atoms with Crippen LogP contribution in [0.25, 0.3) is 0 Å². The third kappa shape index (κ3) is 2.97. The van der Waals surface area contributed by atoms with Crippen molar-refractivity contribution >= 4 is 11.7 Å². The number of hydrogen-bond acceptors (Lipinski definition) is 3. The van der Waals surface area contributed by atoms with Crippen molar-refractivity contribution in [2.45, 2.75) is 19.4 Å². The van der Waals surface area contributed by atoms with Crippen LogP contribution in [0.15, 0.2) is 24.3 Å². The predicted molar refractivity (Wildman–Crippen MR) is 67.4 cm³/mol. The maximum Gasteiger partial charge on any atom is 0.305 e. The number of nitrogens with one attached hydrogen (secondary N) is 1. The Kier molecular flexibility index (Phi) is 3.64. The molecule has 0 saturated carbocycles. The van der Waals surface area contributed by atoms with Gasteiger partial charge in [0.05, 0.1) is 12.5 Å². The van der Waals surface area contributed by atoms with Crippen molar-refractivity contribution in [1.29, 1.82) is 0 Å². The summed E-state index contributed by atoms with van der Waals surface area (Å²) in [6.45, 7) is 4.56. The molecule has 17 heavy (non-hydrogen) atoms. The minimum Gasteiger partial charge on any atom is -0.481 e. The second kappa shape index (κ2) is 5.19. The number of carboxylic acid groups (broad SMARTS) is 1. The number of rotatable bonds is 3. The molecule has 2 rings (SSSR count). The molecule has 1 aliphatic rings. The van der Waals surface area contributed by atoms with Crippen molar-refractivity contribution in [1.82, 2.24) is 5.32 Å². The van der Waals surface area contributed by atoms with Crippen LogP contribution in [0.3, 0.4) is 0 Å². The predicted octanol–water partition coefficient (Wildman–Crippen LogP) is 1.25. The Balaban J connectivity index is 2.18. The third-order valence-corrected chi connectivity index (χ3v) is 3.09. The molecule has 1 heterocycles. The summed E-state index contributed by atoms with van der Waals surface area (Å²) in [6.07, 6.45) is 0.181. The van der Waals surface area contributed by atoms with Gasteiger partial charge >= 0.3 is 5.97 Å². The highest BCUT2D eigenvalue weighted by Gasteiger charge is 2.24. The Bertz CT molecular complexity index is 406. The average Bonchev–Trinajstić information content (AvgIpc) is 2.29. The van der Waals surface area contributed by atoms with Crippen molar-refractivity contribution in [3.05, 3.63) is 29.8 Å². The van der Waals surface area contributed by atoms with E-state index in [1.54, 1.807) is 0 Å². The Morgan fingerprint density at radius 3 is 3.12 bits per heavy atom. The van der Waals surface area contributed by atoms with Crippen LogP contribution in [-0.4, -0.2) is 36.8 Å². The van der Waals surface area contributed by atoms with Gasteiger partial charge in [0.25, 0.3) is 0 Å². The first-order valence-corrected chi connectivity index (χ1v) is 5.92. The van der Waals surface area contributed by atoms with E-state index in [0.717, 1.165) is 25.3 Å². The Morgan fingerprint density at radius 2 is 2.41 bits per heavy atom. The van der Waals surface area contributed by atoms with Crippen molar-refractivity contribution in [2.75, 3.05) is 24.5 Å². The molecule has 2 N–H and O–H groups in total. The van der Waals surface area contributed by atoms with Gasteiger partial charge in [-0.15, -0.1) is 0 Å². The van der Waals surface area contributed by atoms with Gasteiger partial charge in [-0.05, 0) is 24.6 Å². The molecule has 0 amide bonds. The number of aryl methyl sites for hydroxylation is 1. The van der Waals surface area contributed by atoms with Crippen LogP contribution in [0.5, 0.6) is 0 Å². The SMILES string of the molecule is Cc1cccc(N2CCNCC2CC(=O)O)c1. The van der Waals surface area contributed by atoms with Crippen molar-refractivity contribution in [2.24, 2.45) is 0 Å². The lowest BCUT2D eigenvalue weighted by molar-refractivity contribution is -0.137. The molecular weight excluding hydrogens is 216 g/mol. The maximum absolute atomic E-state index is 10.9. The smallest absolute Gasteiger partial charge is 0.305 e. The van der Waals surface area contributed by atoms with E-state index < -0.39 is 5.97 Å². The Hall–Kier alpha value is -1.55. The number of nitrogens with zero attached hydrogens (tertiary/aromatic N) is 1. The Morgan fingerprint density at radius 1 is 1.59 bits per heavy atom. The van der Waals surface area contributed by atoms with Crippen LogP contribution in [-0.2, 0) is 4.79 Å². The Labute approximate surface area is 101 Å². The first-order chi connectivity index (χ1) is 8.16. The molecule has 1 aliphatic heterocycles. The maximum atomic E-state index is 10.9. The molecule has 1 unspecified atom stereocenters. The first-order valence-electron chi connectivity index (χ1n) is 5.92. The fourth-order valence-corrected chi connectivity index (χ4v) is 2.29. The lowest BCUT2D eigenvalue weighted by Crippen LogP contribution is -2.52. The second-order valence-corrected chi connectivity index (χ2v) is 4.49. The van der Waals surface area contributed by atoms with Crippen LogP contribution in [0.2, 0.25) is 0 Å². The minimum atomic E-state index is -0.739. The van der Waals surface area contributed by atoms with E-state index in [-0.39, 0.29) is 12.5 Å². The zero-order chi connectivity index (χ0) is 12.3. The molecule has 1 saturated heterocycles. The van der Waals surface area contributed by atoms with Crippen molar-refractivity contribution in [3.8, 4) is 0 Å². The number of aliphatic carboxylic acids is 1. The van der Waals surface area contributed by atoms with Crippen LogP contribution in [0.1, 0.15) is 12.0 Å². The topological polar surface area (TPSA) is 52.6 Å². The van der Waals surface area contributed by atoms with Gasteiger partial charge < -0.3 is 15.3 Å². The van der Waals surface area contributed by atoms with Crippen LogP contribution in [0.4, 0.5) is 5.69 Å². The number of anilines is 1. The molecule has 1 atom stereocenters. The van der Waals surface area contributed by atoms with E-state index in [9.17, 15) is 4.79 Å². The normalized spacial score (nSPS) is 20.3. The van der Waals surface area contributed by atoms with Gasteiger partial charge in [0.2, 0.25) is 0 Å². The largest absolute Gasteiger partial charge is 0.481 e. The molecule has 4 heteroatoms. The highest BCUT2D eigenvalue weighted by Crippen LogP contribution is 2.21. The van der Waals surface area contributed by atoms with Crippen molar-refractivity contribution in [3.63, 3.8) is 0 Å². The van der Waals surface area contributed by atoms with E-state index in [1.165, 1.54) is 5.56 Å². The van der Waals surface area contributed by atoms with Crippen molar-refractivity contribution < 1.29 is 9.90 Å². The van der Waals surface area contributed by atoms with E-state index >= 15 is 0 Å². The van der Waals surface area contributed by atoms with Crippen LogP contribution < -0.4 is 10.2 Å². The number of carboxylic acids is 1. The fourth-order valence-electron chi connectivity index (χ4n) is 2.29. The quantitative estimate of drug-likeness (QED) is 0.826. The average molecular weight is 234 g/mol. The lowest BCUT2D eigenvalue weighted by Gasteiger charge is -2.37. The zero-order valence-electron chi connectivity index (χ0n) is 10.0. The van der Waals surface area contributed by atoms with E-state index in [4.69, 9.17) is 5.11 Å². The summed E-state index contributed by atoms with van der Waals surface area (Å²) in [6, 6.07) is 8.28. The molecule has 0 spiro atoms. The van der Waals surface area contributed by atoms with Gasteiger partial charge in [-0.2, -0.15) is 0 Å². The fraction of sp³-hybridized carbons (Fsp3) is 0.462. The van der Waals surface area contributed by atoms with Gasteiger partial charge in [-0.3, -0.25) is 4.79 Å². The summed E-state index contributed by atoms with van der Waals surface area (Å²) in [5, 5.41) is 12.2. The minimum absolute atomic E-state index is 0.0445. The van der Waals surface area contributed by atoms with Gasteiger partial charge in [0, 0.05) is 25.3 Å². The summed E-state index contributed by atoms with van der Waals surface area (Å²) in [5.74, 6) is -0.739. The first kappa shape index (κ1) is 11.9. The number of benzene rings is 1. The summed E-state index contributed by atoms with van der Waals surface area (Å²) >= 11 is 0. The molecule has 0 radical (unpaired) electrons. The zero-order valence-corrected chi connectivity index (χ0v) is 10.0. The molecule has 92 valence electrons. The molecule has 1 aromatic carbocycles. The molecule has 0 bridgehead atoms. The summed E-state index contributed by atoms with van der Waals surface area (Å²) in [4.78, 5) is 13.0. The van der Waals surface area contributed by atoms with E-state index in [1.807, 2.05) is 12.1 Å². The molecule has 1 aromatic rings. The summed E-state index contributed by atoms with van der Waals surface area (Å²) < 4.78 is 0. The van der Waals surface area contributed by atoms with Crippen LogP contribution >= 0.6 is 0 Å². The van der Waals surface area contributed by atoms with E-state index in [2.05, 4.69) is 29.3 Å². The standard InChI is InChI=1S/C13H18N2O2/c1-10-3-2-4-11(7-10)15-6-5-14-9-12(15)8-13(16)17/h2-4,7,12,14H,5-6,8-9H2,1H3,(H,16,17). The van der Waals surface area contributed by atoms with Gasteiger partial charge in [0.1, 0.15) is 0 Å². The highest BCUT2D eigenvalue weighted by atomic mass is 16.4. The molecule has 1 fully saturated rings. The van der Waals surface area contributed by atoms with E-state index in [0.29, 0.717) is 0 Å². The monoisotopic (exact) mass is 234 g/mol. The number of carbonyl (C=O) groups is 1. The second-order valence-electron chi connectivity index (χ2n) is 4.49. The van der Waals surface area contributed by atoms with Crippen LogP contribution in [0, 0.1) is 6.92 Å². The number of piperazine rings is 1. The third-order valence-electron chi connectivity index (χ3n) is 3.09. The van der Waals surface area contributed by atoms with Gasteiger partial charge in [-0.1, -0.05) is 12.1 Å². The van der Waals surface area contributed by atoms with Gasteiger partial charge in [-0.25, -0.2) is 0 Å².